The predicted molar refractivity (Wildman–Crippen MR) is 101 cm³/mol. The van der Waals surface area contributed by atoms with Crippen molar-refractivity contribution in [2.24, 2.45) is 5.73 Å². The number of alkyl halides is 3. The Kier molecular flexibility index (Phi) is 8.21. The molecule has 0 saturated carbocycles. The van der Waals surface area contributed by atoms with Crippen LogP contribution in [-0.2, 0) is 6.18 Å². The summed E-state index contributed by atoms with van der Waals surface area (Å²) in [6.45, 7) is 2.45. The Balaban J connectivity index is 0.00000196. The normalized spacial score (nSPS) is 18.0. The highest BCUT2D eigenvalue weighted by molar-refractivity contribution is 5.92. The van der Waals surface area contributed by atoms with Gasteiger partial charge in [0.1, 0.15) is 0 Å². The maximum Gasteiger partial charge on any atom is 0.417 e. The Morgan fingerprint density at radius 3 is 2.57 bits per heavy atom. The molecule has 2 unspecified atom stereocenters. The Labute approximate surface area is 172 Å². The van der Waals surface area contributed by atoms with Crippen LogP contribution < -0.4 is 5.73 Å². The van der Waals surface area contributed by atoms with E-state index in [4.69, 9.17) is 5.73 Å². The third kappa shape index (κ3) is 5.12. The lowest BCUT2D eigenvalue weighted by molar-refractivity contribution is -0.137. The van der Waals surface area contributed by atoms with Gasteiger partial charge in [0.25, 0.3) is 5.91 Å². The van der Waals surface area contributed by atoms with E-state index < -0.39 is 11.7 Å². The van der Waals surface area contributed by atoms with Crippen LogP contribution in [0.5, 0.6) is 0 Å². The fraction of sp³-hybridized carbons (Fsp3) is 0.500. The molecule has 1 aliphatic rings. The van der Waals surface area contributed by atoms with Crippen LogP contribution in [0, 0.1) is 0 Å². The molecule has 2 aromatic rings. The summed E-state index contributed by atoms with van der Waals surface area (Å²) in [5.41, 5.74) is 5.24. The first-order chi connectivity index (χ1) is 12.3. The smallest absolute Gasteiger partial charge is 0.333 e. The van der Waals surface area contributed by atoms with Crippen LogP contribution in [0.2, 0.25) is 0 Å². The van der Waals surface area contributed by atoms with Crippen molar-refractivity contribution in [2.45, 2.75) is 44.4 Å². The van der Waals surface area contributed by atoms with E-state index >= 15 is 0 Å². The Morgan fingerprint density at radius 2 is 2.00 bits per heavy atom. The first kappa shape index (κ1) is 24.1. The van der Waals surface area contributed by atoms with Gasteiger partial charge in [0, 0.05) is 24.8 Å². The van der Waals surface area contributed by atoms with Gasteiger partial charge in [-0.3, -0.25) is 4.79 Å². The standard InChI is InChI=1S/C16H19F3N6O.2ClH/c1-10(20)13-4-2-3-7-24(13)15(26)12-9-25(23-22-12)14-6-5-11(8-21-14)16(17,18)19;;/h5-6,8-10,13H,2-4,7,20H2,1H3;2*1H. The second kappa shape index (κ2) is 9.53. The summed E-state index contributed by atoms with van der Waals surface area (Å²) in [4.78, 5) is 18.2. The maximum absolute atomic E-state index is 12.7. The zero-order valence-corrected chi connectivity index (χ0v) is 16.6. The number of pyridine rings is 1. The number of piperidine rings is 1. The van der Waals surface area contributed by atoms with Gasteiger partial charge in [-0.1, -0.05) is 5.21 Å². The van der Waals surface area contributed by atoms with E-state index in [9.17, 15) is 18.0 Å². The molecule has 1 saturated heterocycles. The van der Waals surface area contributed by atoms with E-state index in [1.54, 1.807) is 4.90 Å². The summed E-state index contributed by atoms with van der Waals surface area (Å²) in [6, 6.07) is 1.86. The van der Waals surface area contributed by atoms with E-state index in [-0.39, 0.29) is 54.3 Å². The molecule has 2 atom stereocenters. The zero-order chi connectivity index (χ0) is 18.9. The molecule has 2 N–H and O–H groups in total. The summed E-state index contributed by atoms with van der Waals surface area (Å²) < 4.78 is 39.0. The van der Waals surface area contributed by atoms with Gasteiger partial charge in [-0.2, -0.15) is 13.2 Å². The highest BCUT2D eigenvalue weighted by Gasteiger charge is 2.32. The first-order valence-corrected chi connectivity index (χ1v) is 8.30. The van der Waals surface area contributed by atoms with Crippen molar-refractivity contribution < 1.29 is 18.0 Å². The summed E-state index contributed by atoms with van der Waals surface area (Å²) in [7, 11) is 0. The van der Waals surface area contributed by atoms with Crippen LogP contribution in [0.25, 0.3) is 5.82 Å². The van der Waals surface area contributed by atoms with Crippen molar-refractivity contribution in [3.8, 4) is 5.82 Å². The van der Waals surface area contributed by atoms with Crippen LogP contribution in [0.15, 0.2) is 24.5 Å². The van der Waals surface area contributed by atoms with Crippen LogP contribution >= 0.6 is 24.8 Å². The van der Waals surface area contributed by atoms with Crippen molar-refractivity contribution in [3.05, 3.63) is 35.8 Å². The minimum Gasteiger partial charge on any atom is -0.333 e. The Morgan fingerprint density at radius 1 is 1.29 bits per heavy atom. The molecule has 0 aromatic carbocycles. The van der Waals surface area contributed by atoms with E-state index in [1.807, 2.05) is 6.92 Å². The lowest BCUT2D eigenvalue weighted by Gasteiger charge is -2.37. The van der Waals surface area contributed by atoms with Crippen molar-refractivity contribution in [2.75, 3.05) is 6.54 Å². The van der Waals surface area contributed by atoms with Gasteiger partial charge in [-0.25, -0.2) is 9.67 Å². The number of nitrogens with two attached hydrogens (primary N) is 1. The van der Waals surface area contributed by atoms with Crippen molar-refractivity contribution >= 4 is 30.7 Å². The fourth-order valence-electron chi connectivity index (χ4n) is 3.07. The van der Waals surface area contributed by atoms with Gasteiger partial charge in [-0.05, 0) is 38.3 Å². The number of nitrogens with zero attached hydrogens (tertiary/aromatic N) is 5. The average molecular weight is 441 g/mol. The highest BCUT2D eigenvalue weighted by atomic mass is 35.5. The van der Waals surface area contributed by atoms with Gasteiger partial charge in [0.15, 0.2) is 11.5 Å². The molecule has 3 rings (SSSR count). The topological polar surface area (TPSA) is 89.9 Å². The molecule has 0 aliphatic carbocycles. The molecule has 28 heavy (non-hydrogen) atoms. The summed E-state index contributed by atoms with van der Waals surface area (Å²) in [6.07, 6.45) is 0.358. The molecule has 3 heterocycles. The molecule has 156 valence electrons. The van der Waals surface area contributed by atoms with Gasteiger partial charge in [0.2, 0.25) is 0 Å². The monoisotopic (exact) mass is 440 g/mol. The predicted octanol–water partition coefficient (Wildman–Crippen LogP) is 2.87. The Bertz CT molecular complexity index is 781. The average Bonchev–Trinajstić information content (AvgIpc) is 3.10. The van der Waals surface area contributed by atoms with Crippen molar-refractivity contribution in [3.63, 3.8) is 0 Å². The van der Waals surface area contributed by atoms with Crippen LogP contribution in [0.3, 0.4) is 0 Å². The van der Waals surface area contributed by atoms with E-state index in [0.29, 0.717) is 6.54 Å². The van der Waals surface area contributed by atoms with Gasteiger partial charge >= 0.3 is 6.18 Å². The van der Waals surface area contributed by atoms with E-state index in [2.05, 4.69) is 15.3 Å². The fourth-order valence-corrected chi connectivity index (χ4v) is 3.07. The van der Waals surface area contributed by atoms with Crippen LogP contribution in [0.4, 0.5) is 13.2 Å². The minimum atomic E-state index is -4.46. The van der Waals surface area contributed by atoms with Gasteiger partial charge < -0.3 is 10.6 Å². The third-order valence-corrected chi connectivity index (χ3v) is 4.44. The number of carbonyl (C=O) groups excluding carboxylic acids is 1. The van der Waals surface area contributed by atoms with Gasteiger partial charge in [0.05, 0.1) is 11.8 Å². The molecular formula is C16H21Cl2F3N6O. The first-order valence-electron chi connectivity index (χ1n) is 8.30. The number of likely N-dealkylation sites (tertiary alicyclic amines) is 1. The minimum absolute atomic E-state index is 0. The number of amides is 1. The molecule has 1 fully saturated rings. The van der Waals surface area contributed by atoms with Crippen LogP contribution in [0.1, 0.15) is 42.2 Å². The van der Waals surface area contributed by atoms with E-state index in [1.165, 1.54) is 16.9 Å². The molecule has 12 heteroatoms. The number of hydrogen-bond donors (Lipinski definition) is 1. The highest BCUT2D eigenvalue weighted by Crippen LogP contribution is 2.28. The van der Waals surface area contributed by atoms with Crippen LogP contribution in [-0.4, -0.2) is 49.4 Å². The molecule has 1 amide bonds. The number of aromatic nitrogens is 4. The SMILES string of the molecule is CC(N)C1CCCCN1C(=O)c1cn(-c2ccc(C(F)(F)F)cn2)nn1.Cl.Cl. The Hall–Kier alpha value is -1.91. The summed E-state index contributed by atoms with van der Waals surface area (Å²) >= 11 is 0. The largest absolute Gasteiger partial charge is 0.417 e. The molecule has 0 radical (unpaired) electrons. The number of carbonyl (C=O) groups is 1. The molecular weight excluding hydrogens is 420 g/mol. The second-order valence-corrected chi connectivity index (χ2v) is 6.37. The van der Waals surface area contributed by atoms with Crippen molar-refractivity contribution in [1.82, 2.24) is 24.9 Å². The summed E-state index contributed by atoms with van der Waals surface area (Å²) in [5, 5.41) is 7.66. The number of rotatable bonds is 3. The molecule has 7 nitrogen and oxygen atoms in total. The lowest BCUT2D eigenvalue weighted by Crippen LogP contribution is -2.51. The molecule has 0 bridgehead atoms. The molecule has 0 spiro atoms. The summed E-state index contributed by atoms with van der Waals surface area (Å²) in [5.74, 6) is -0.142. The number of halogens is 5. The lowest BCUT2D eigenvalue weighted by atomic mass is 9.96. The second-order valence-electron chi connectivity index (χ2n) is 6.37. The number of hydrogen-bond acceptors (Lipinski definition) is 5. The van der Waals surface area contributed by atoms with Gasteiger partial charge in [-0.15, -0.1) is 29.9 Å². The quantitative estimate of drug-likeness (QED) is 0.792. The van der Waals surface area contributed by atoms with Crippen molar-refractivity contribution in [1.29, 1.82) is 0 Å². The molecule has 2 aromatic heterocycles. The zero-order valence-electron chi connectivity index (χ0n) is 15.0. The maximum atomic E-state index is 12.7. The van der Waals surface area contributed by atoms with E-state index in [0.717, 1.165) is 31.5 Å². The molecule has 1 aliphatic heterocycles. The third-order valence-electron chi connectivity index (χ3n) is 4.44.